The van der Waals surface area contributed by atoms with Crippen molar-refractivity contribution in [1.82, 2.24) is 0 Å². The second-order valence-corrected chi connectivity index (χ2v) is 4.52. The average Bonchev–Trinajstić information content (AvgIpc) is 2.34. The van der Waals surface area contributed by atoms with E-state index in [0.29, 0.717) is 37.4 Å². The Hall–Kier alpha value is -1.33. The number of fused-ring (bicyclic) bond motifs is 1. The highest BCUT2D eigenvalue weighted by molar-refractivity contribution is 5.95. The predicted octanol–water partition coefficient (Wildman–Crippen LogP) is 2.10. The Morgan fingerprint density at radius 2 is 2.32 bits per heavy atom. The molecule has 0 radical (unpaired) electrons. The third kappa shape index (κ3) is 3.81. The molecule has 0 saturated carbocycles. The Morgan fingerprint density at radius 1 is 1.58 bits per heavy atom. The molecule has 0 saturated heterocycles. The smallest absolute Gasteiger partial charge is 0.227 e. The van der Waals surface area contributed by atoms with Gasteiger partial charge in [0.05, 0.1) is 12.2 Å². The van der Waals surface area contributed by atoms with Crippen LogP contribution in [0, 0.1) is 5.82 Å². The van der Waals surface area contributed by atoms with Crippen LogP contribution in [0.3, 0.4) is 0 Å². The number of nitrogens with zero attached hydrogens (tertiary/aromatic N) is 1. The molecule has 106 valence electrons. The zero-order chi connectivity index (χ0) is 13.1. The van der Waals surface area contributed by atoms with E-state index in [-0.39, 0.29) is 30.2 Å². The first-order valence-electron chi connectivity index (χ1n) is 6.06. The monoisotopic (exact) mass is 288 g/mol. The minimum Gasteiger partial charge on any atom is -0.489 e. The van der Waals surface area contributed by atoms with Gasteiger partial charge in [0.15, 0.2) is 0 Å². The second-order valence-electron chi connectivity index (χ2n) is 4.52. The molecular formula is C13H18ClFN2O2. The number of hydrogen-bond acceptors (Lipinski definition) is 3. The van der Waals surface area contributed by atoms with Gasteiger partial charge >= 0.3 is 0 Å². The van der Waals surface area contributed by atoms with E-state index in [1.807, 2.05) is 6.92 Å². The van der Waals surface area contributed by atoms with Crippen LogP contribution in [0.25, 0.3) is 0 Å². The fourth-order valence-electron chi connectivity index (χ4n) is 1.94. The van der Waals surface area contributed by atoms with Gasteiger partial charge in [0.25, 0.3) is 0 Å². The van der Waals surface area contributed by atoms with Crippen molar-refractivity contribution in [2.45, 2.75) is 25.8 Å². The van der Waals surface area contributed by atoms with Crippen LogP contribution in [0.1, 0.15) is 19.8 Å². The molecule has 0 spiro atoms. The number of carbonyl (C=O) groups excluding carboxylic acids is 1. The van der Waals surface area contributed by atoms with Crippen molar-refractivity contribution in [2.24, 2.45) is 5.73 Å². The summed E-state index contributed by atoms with van der Waals surface area (Å²) in [6, 6.07) is 4.22. The molecule has 0 fully saturated rings. The van der Waals surface area contributed by atoms with E-state index >= 15 is 0 Å². The lowest BCUT2D eigenvalue weighted by Crippen LogP contribution is -2.38. The number of ether oxygens (including phenoxy) is 1. The number of carbonyl (C=O) groups is 1. The predicted molar refractivity (Wildman–Crippen MR) is 74.4 cm³/mol. The average molecular weight is 289 g/mol. The van der Waals surface area contributed by atoms with E-state index in [1.165, 1.54) is 12.1 Å². The molecule has 19 heavy (non-hydrogen) atoms. The van der Waals surface area contributed by atoms with Gasteiger partial charge in [-0.15, -0.1) is 12.4 Å². The minimum atomic E-state index is -0.362. The Balaban J connectivity index is 0.00000180. The maximum atomic E-state index is 13.1. The maximum Gasteiger partial charge on any atom is 0.227 e. The molecule has 6 heteroatoms. The molecule has 1 aliphatic rings. The first-order valence-corrected chi connectivity index (χ1v) is 6.06. The highest BCUT2D eigenvalue weighted by Crippen LogP contribution is 2.32. The van der Waals surface area contributed by atoms with Gasteiger partial charge in [-0.25, -0.2) is 4.39 Å². The molecule has 1 aliphatic heterocycles. The van der Waals surface area contributed by atoms with Crippen molar-refractivity contribution in [2.75, 3.05) is 18.1 Å². The molecule has 0 aliphatic carbocycles. The van der Waals surface area contributed by atoms with E-state index < -0.39 is 0 Å². The molecule has 0 bridgehead atoms. The Morgan fingerprint density at radius 3 is 3.00 bits per heavy atom. The van der Waals surface area contributed by atoms with E-state index in [9.17, 15) is 9.18 Å². The third-order valence-electron chi connectivity index (χ3n) is 2.90. The van der Waals surface area contributed by atoms with E-state index in [2.05, 4.69) is 0 Å². The fraction of sp³-hybridized carbons (Fsp3) is 0.462. The van der Waals surface area contributed by atoms with E-state index in [0.717, 1.165) is 0 Å². The Bertz CT molecular complexity index is 454. The van der Waals surface area contributed by atoms with Crippen molar-refractivity contribution >= 4 is 24.0 Å². The minimum absolute atomic E-state index is 0. The van der Waals surface area contributed by atoms with Crippen LogP contribution in [-0.2, 0) is 4.79 Å². The van der Waals surface area contributed by atoms with Crippen molar-refractivity contribution in [3.63, 3.8) is 0 Å². The molecular weight excluding hydrogens is 271 g/mol. The summed E-state index contributed by atoms with van der Waals surface area (Å²) in [5.41, 5.74) is 6.28. The van der Waals surface area contributed by atoms with E-state index in [4.69, 9.17) is 10.5 Å². The number of benzene rings is 1. The molecule has 4 nitrogen and oxygen atoms in total. The number of hydrogen-bond donors (Lipinski definition) is 1. The Kier molecular flexibility index (Phi) is 5.57. The summed E-state index contributed by atoms with van der Waals surface area (Å²) in [6.07, 6.45) is 1.04. The molecule has 1 aromatic rings. The normalized spacial score (nSPS) is 15.0. The number of rotatable bonds is 3. The molecule has 2 N–H and O–H groups in total. The lowest BCUT2D eigenvalue weighted by Gasteiger charge is -2.29. The summed E-state index contributed by atoms with van der Waals surface area (Å²) in [6.45, 7) is 2.76. The summed E-state index contributed by atoms with van der Waals surface area (Å²) >= 11 is 0. The lowest BCUT2D eigenvalue weighted by molar-refractivity contribution is -0.119. The highest BCUT2D eigenvalue weighted by Gasteiger charge is 2.23. The van der Waals surface area contributed by atoms with Crippen LogP contribution >= 0.6 is 12.4 Å². The van der Waals surface area contributed by atoms with E-state index in [1.54, 1.807) is 11.0 Å². The van der Waals surface area contributed by atoms with Crippen molar-refractivity contribution in [3.8, 4) is 5.75 Å². The summed E-state index contributed by atoms with van der Waals surface area (Å²) in [5.74, 6) is 0.0671. The maximum absolute atomic E-state index is 13.1. The molecule has 1 unspecified atom stereocenters. The first kappa shape index (κ1) is 15.7. The van der Waals surface area contributed by atoms with Gasteiger partial charge in [-0.2, -0.15) is 0 Å². The first-order chi connectivity index (χ1) is 8.58. The van der Waals surface area contributed by atoms with Gasteiger partial charge in [-0.1, -0.05) is 0 Å². The summed E-state index contributed by atoms with van der Waals surface area (Å²) in [7, 11) is 0. The van der Waals surface area contributed by atoms with Crippen LogP contribution in [-0.4, -0.2) is 25.1 Å². The standard InChI is InChI=1S/C13H17FN2O2.ClH/c1-9(15)2-5-13(17)16-6-7-18-12-8-10(14)3-4-11(12)16;/h3-4,8-9H,2,5-7,15H2,1H3;1H. The van der Waals surface area contributed by atoms with Crippen LogP contribution in [0.2, 0.25) is 0 Å². The SMILES string of the molecule is CC(N)CCC(=O)N1CCOc2cc(F)ccc21.Cl. The van der Waals surface area contributed by atoms with Gasteiger partial charge < -0.3 is 15.4 Å². The zero-order valence-corrected chi connectivity index (χ0v) is 11.6. The van der Waals surface area contributed by atoms with Crippen LogP contribution in [0.5, 0.6) is 5.75 Å². The van der Waals surface area contributed by atoms with Gasteiger partial charge in [0.2, 0.25) is 5.91 Å². The van der Waals surface area contributed by atoms with Crippen molar-refractivity contribution < 1.29 is 13.9 Å². The highest BCUT2D eigenvalue weighted by atomic mass is 35.5. The lowest BCUT2D eigenvalue weighted by atomic mass is 10.1. The van der Waals surface area contributed by atoms with Gasteiger partial charge in [0.1, 0.15) is 18.2 Å². The largest absolute Gasteiger partial charge is 0.489 e. The summed E-state index contributed by atoms with van der Waals surface area (Å²) in [5, 5.41) is 0. The van der Waals surface area contributed by atoms with Gasteiger partial charge in [-0.05, 0) is 25.5 Å². The van der Waals surface area contributed by atoms with Crippen LogP contribution < -0.4 is 15.4 Å². The number of amides is 1. The topological polar surface area (TPSA) is 55.6 Å². The quantitative estimate of drug-likeness (QED) is 0.927. The molecule has 1 atom stereocenters. The van der Waals surface area contributed by atoms with Crippen LogP contribution in [0.4, 0.5) is 10.1 Å². The molecule has 0 aromatic heterocycles. The van der Waals surface area contributed by atoms with Crippen LogP contribution in [0.15, 0.2) is 18.2 Å². The third-order valence-corrected chi connectivity index (χ3v) is 2.90. The Labute approximate surface area is 118 Å². The van der Waals surface area contributed by atoms with Crippen molar-refractivity contribution in [3.05, 3.63) is 24.0 Å². The number of halogens is 2. The van der Waals surface area contributed by atoms with Crippen molar-refractivity contribution in [1.29, 1.82) is 0 Å². The summed E-state index contributed by atoms with van der Waals surface area (Å²) in [4.78, 5) is 13.7. The van der Waals surface area contributed by atoms with Gasteiger partial charge in [0, 0.05) is 18.5 Å². The molecule has 1 aromatic carbocycles. The summed E-state index contributed by atoms with van der Waals surface area (Å²) < 4.78 is 18.4. The number of anilines is 1. The number of nitrogens with two attached hydrogens (primary N) is 1. The zero-order valence-electron chi connectivity index (χ0n) is 10.8. The fourth-order valence-corrected chi connectivity index (χ4v) is 1.94. The molecule has 2 rings (SSSR count). The molecule has 1 heterocycles. The second kappa shape index (κ2) is 6.73. The molecule has 1 amide bonds. The van der Waals surface area contributed by atoms with Gasteiger partial charge in [-0.3, -0.25) is 4.79 Å².